The minimum atomic E-state index is -0.551. The summed E-state index contributed by atoms with van der Waals surface area (Å²) in [6.45, 7) is 0.287. The normalized spacial score (nSPS) is 10.2. The zero-order valence-corrected chi connectivity index (χ0v) is 9.74. The first-order valence-electron chi connectivity index (χ1n) is 5.37. The van der Waals surface area contributed by atoms with E-state index in [1.165, 1.54) is 12.1 Å². The fourth-order valence-corrected chi connectivity index (χ4v) is 1.44. The van der Waals surface area contributed by atoms with Crippen molar-refractivity contribution in [2.75, 3.05) is 17.7 Å². The number of rotatable bonds is 4. The smallest absolute Gasteiger partial charge is 0.224 e. The molecule has 1 heterocycles. The highest BCUT2D eigenvalue weighted by Crippen LogP contribution is 2.13. The summed E-state index contributed by atoms with van der Waals surface area (Å²) in [5.74, 6) is -0.476. The van der Waals surface area contributed by atoms with Crippen LogP contribution in [0.25, 0.3) is 0 Å². The number of hydrogen-bond donors (Lipinski definition) is 2. The van der Waals surface area contributed by atoms with Gasteiger partial charge in [-0.3, -0.25) is 0 Å². The van der Waals surface area contributed by atoms with Gasteiger partial charge in [0, 0.05) is 13.6 Å². The molecule has 6 heteroatoms. The summed E-state index contributed by atoms with van der Waals surface area (Å²) in [5.41, 5.74) is 0.707. The SMILES string of the molecule is CNc1ncc(F)c(NCc2cccc(F)c2)n1. The number of hydrogen-bond acceptors (Lipinski definition) is 4. The summed E-state index contributed by atoms with van der Waals surface area (Å²) in [6.07, 6.45) is 1.08. The van der Waals surface area contributed by atoms with Gasteiger partial charge in [0.1, 0.15) is 5.82 Å². The molecule has 0 aliphatic rings. The van der Waals surface area contributed by atoms with E-state index in [2.05, 4.69) is 20.6 Å². The highest BCUT2D eigenvalue weighted by Gasteiger charge is 2.05. The van der Waals surface area contributed by atoms with Gasteiger partial charge in [-0.1, -0.05) is 12.1 Å². The Balaban J connectivity index is 2.10. The first kappa shape index (κ1) is 12.2. The van der Waals surface area contributed by atoms with E-state index in [1.54, 1.807) is 19.2 Å². The summed E-state index contributed by atoms with van der Waals surface area (Å²) >= 11 is 0. The molecule has 2 aromatic rings. The summed E-state index contributed by atoms with van der Waals surface area (Å²) in [4.78, 5) is 7.66. The molecule has 1 aromatic carbocycles. The Morgan fingerprint density at radius 1 is 1.28 bits per heavy atom. The topological polar surface area (TPSA) is 49.8 Å². The largest absolute Gasteiger partial charge is 0.363 e. The van der Waals surface area contributed by atoms with Crippen LogP contribution in [-0.4, -0.2) is 17.0 Å². The van der Waals surface area contributed by atoms with Gasteiger partial charge in [-0.2, -0.15) is 4.98 Å². The average molecular weight is 250 g/mol. The highest BCUT2D eigenvalue weighted by molar-refractivity contribution is 5.41. The van der Waals surface area contributed by atoms with Crippen LogP contribution in [0.2, 0.25) is 0 Å². The molecule has 0 aliphatic heterocycles. The lowest BCUT2D eigenvalue weighted by molar-refractivity contribution is 0.616. The molecule has 2 N–H and O–H groups in total. The molecule has 0 saturated carbocycles. The molecule has 2 rings (SSSR count). The van der Waals surface area contributed by atoms with Gasteiger partial charge in [-0.15, -0.1) is 0 Å². The Bertz CT molecular complexity index is 545. The lowest BCUT2D eigenvalue weighted by atomic mass is 10.2. The van der Waals surface area contributed by atoms with Crippen LogP contribution >= 0.6 is 0 Å². The zero-order valence-electron chi connectivity index (χ0n) is 9.74. The summed E-state index contributed by atoms with van der Waals surface area (Å²) in [6, 6.07) is 6.08. The van der Waals surface area contributed by atoms with E-state index in [1.807, 2.05) is 0 Å². The van der Waals surface area contributed by atoms with Crippen molar-refractivity contribution in [3.8, 4) is 0 Å². The molecule has 0 unspecified atom stereocenters. The van der Waals surface area contributed by atoms with Crippen LogP contribution in [0.5, 0.6) is 0 Å². The molecule has 0 atom stereocenters. The van der Waals surface area contributed by atoms with Gasteiger partial charge in [0.25, 0.3) is 0 Å². The highest BCUT2D eigenvalue weighted by atomic mass is 19.1. The van der Waals surface area contributed by atoms with Crippen molar-refractivity contribution >= 4 is 11.8 Å². The molecule has 0 aliphatic carbocycles. The van der Waals surface area contributed by atoms with E-state index in [4.69, 9.17) is 0 Å². The molecule has 1 aromatic heterocycles. The molecule has 0 bridgehead atoms. The minimum absolute atomic E-state index is 0.0820. The molecular formula is C12H12F2N4. The zero-order chi connectivity index (χ0) is 13.0. The summed E-state index contributed by atoms with van der Waals surface area (Å²) in [7, 11) is 1.64. The third-order valence-electron chi connectivity index (χ3n) is 2.32. The summed E-state index contributed by atoms with van der Waals surface area (Å²) < 4.78 is 26.4. The molecular weight excluding hydrogens is 238 g/mol. The van der Waals surface area contributed by atoms with Crippen molar-refractivity contribution in [2.45, 2.75) is 6.54 Å². The number of aromatic nitrogens is 2. The molecule has 4 nitrogen and oxygen atoms in total. The monoisotopic (exact) mass is 250 g/mol. The van der Waals surface area contributed by atoms with Crippen LogP contribution in [-0.2, 0) is 6.54 Å². The number of anilines is 2. The van der Waals surface area contributed by atoms with Crippen LogP contribution < -0.4 is 10.6 Å². The quantitative estimate of drug-likeness (QED) is 0.874. The first-order chi connectivity index (χ1) is 8.69. The van der Waals surface area contributed by atoms with Gasteiger partial charge in [0.15, 0.2) is 11.6 Å². The Morgan fingerprint density at radius 2 is 2.11 bits per heavy atom. The van der Waals surface area contributed by atoms with E-state index < -0.39 is 5.82 Å². The van der Waals surface area contributed by atoms with Gasteiger partial charge in [0.05, 0.1) is 6.20 Å². The van der Waals surface area contributed by atoms with E-state index in [-0.39, 0.29) is 18.2 Å². The van der Waals surface area contributed by atoms with Crippen molar-refractivity contribution in [1.82, 2.24) is 9.97 Å². The third-order valence-corrected chi connectivity index (χ3v) is 2.32. The number of nitrogens with one attached hydrogen (secondary N) is 2. The van der Waals surface area contributed by atoms with E-state index in [0.29, 0.717) is 11.5 Å². The second-order valence-corrected chi connectivity index (χ2v) is 3.62. The third kappa shape index (κ3) is 2.91. The number of halogens is 2. The number of benzene rings is 1. The van der Waals surface area contributed by atoms with Gasteiger partial charge >= 0.3 is 0 Å². The Labute approximate surface area is 103 Å². The van der Waals surface area contributed by atoms with Gasteiger partial charge < -0.3 is 10.6 Å². The van der Waals surface area contributed by atoms with Gasteiger partial charge in [0.2, 0.25) is 5.95 Å². The van der Waals surface area contributed by atoms with E-state index in [0.717, 1.165) is 6.20 Å². The maximum atomic E-state index is 13.4. The predicted molar refractivity (Wildman–Crippen MR) is 65.3 cm³/mol. The average Bonchev–Trinajstić information content (AvgIpc) is 2.38. The molecule has 0 radical (unpaired) electrons. The lowest BCUT2D eigenvalue weighted by Gasteiger charge is -2.08. The molecule has 94 valence electrons. The Kier molecular flexibility index (Phi) is 3.66. The Hall–Kier alpha value is -2.24. The van der Waals surface area contributed by atoms with Crippen molar-refractivity contribution in [2.24, 2.45) is 0 Å². The number of nitrogens with zero attached hydrogens (tertiary/aromatic N) is 2. The molecule has 0 spiro atoms. The van der Waals surface area contributed by atoms with Crippen molar-refractivity contribution in [1.29, 1.82) is 0 Å². The van der Waals surface area contributed by atoms with Crippen LogP contribution in [0.4, 0.5) is 20.5 Å². The fraction of sp³-hybridized carbons (Fsp3) is 0.167. The lowest BCUT2D eigenvalue weighted by Crippen LogP contribution is -2.06. The van der Waals surface area contributed by atoms with Crippen molar-refractivity contribution in [3.63, 3.8) is 0 Å². The van der Waals surface area contributed by atoms with E-state index >= 15 is 0 Å². The second kappa shape index (κ2) is 5.39. The van der Waals surface area contributed by atoms with Crippen molar-refractivity contribution in [3.05, 3.63) is 47.7 Å². The molecule has 0 fully saturated rings. The molecule has 18 heavy (non-hydrogen) atoms. The molecule has 0 amide bonds. The van der Waals surface area contributed by atoms with Crippen LogP contribution in [0.3, 0.4) is 0 Å². The van der Waals surface area contributed by atoms with Crippen LogP contribution in [0.1, 0.15) is 5.56 Å². The first-order valence-corrected chi connectivity index (χ1v) is 5.37. The Morgan fingerprint density at radius 3 is 2.83 bits per heavy atom. The van der Waals surface area contributed by atoms with Gasteiger partial charge in [-0.25, -0.2) is 13.8 Å². The molecule has 0 saturated heterocycles. The second-order valence-electron chi connectivity index (χ2n) is 3.62. The van der Waals surface area contributed by atoms with E-state index in [9.17, 15) is 8.78 Å². The standard InChI is InChI=1S/C12H12F2N4/c1-15-12-17-7-10(14)11(18-12)16-6-8-3-2-4-9(13)5-8/h2-5,7H,6H2,1H3,(H2,15,16,17,18). The van der Waals surface area contributed by atoms with Gasteiger partial charge in [-0.05, 0) is 17.7 Å². The minimum Gasteiger partial charge on any atom is -0.363 e. The maximum absolute atomic E-state index is 13.4. The maximum Gasteiger partial charge on any atom is 0.224 e. The summed E-state index contributed by atoms with van der Waals surface area (Å²) in [5, 5.41) is 5.51. The van der Waals surface area contributed by atoms with Crippen molar-refractivity contribution < 1.29 is 8.78 Å². The van der Waals surface area contributed by atoms with Crippen LogP contribution in [0, 0.1) is 11.6 Å². The fourth-order valence-electron chi connectivity index (χ4n) is 1.44. The predicted octanol–water partition coefficient (Wildman–Crippen LogP) is 2.41. The van der Waals surface area contributed by atoms with Crippen LogP contribution in [0.15, 0.2) is 30.5 Å².